The number of rotatable bonds is 4. The van der Waals surface area contributed by atoms with Crippen LogP contribution in [0.2, 0.25) is 0 Å². The van der Waals surface area contributed by atoms with Crippen LogP contribution in [0, 0.1) is 12.8 Å². The van der Waals surface area contributed by atoms with E-state index in [0.717, 1.165) is 17.7 Å². The number of aromatic nitrogens is 1. The van der Waals surface area contributed by atoms with Crippen molar-refractivity contribution >= 4 is 5.97 Å². The Hall–Kier alpha value is -1.42. The number of aryl methyl sites for hydroxylation is 1. The summed E-state index contributed by atoms with van der Waals surface area (Å²) >= 11 is 0. The van der Waals surface area contributed by atoms with E-state index in [0.29, 0.717) is 12.5 Å². The van der Waals surface area contributed by atoms with Gasteiger partial charge in [-0.1, -0.05) is 19.9 Å². The largest absolute Gasteiger partial charge is 0.464 e. The van der Waals surface area contributed by atoms with Crippen molar-refractivity contribution in [2.75, 3.05) is 6.61 Å². The highest BCUT2D eigenvalue weighted by atomic mass is 16.5. The Labute approximate surface area is 108 Å². The number of cyclic esters (lactones) is 1. The predicted molar refractivity (Wildman–Crippen MR) is 69.1 cm³/mol. The van der Waals surface area contributed by atoms with Gasteiger partial charge < -0.3 is 4.74 Å². The third-order valence-electron chi connectivity index (χ3n) is 3.33. The van der Waals surface area contributed by atoms with Crippen LogP contribution < -0.4 is 5.32 Å². The summed E-state index contributed by atoms with van der Waals surface area (Å²) in [5, 5.41) is 3.39. The number of esters is 1. The van der Waals surface area contributed by atoms with Crippen molar-refractivity contribution < 1.29 is 9.53 Å². The first-order valence-electron chi connectivity index (χ1n) is 6.44. The standard InChI is InChI=1S/C14H20N2O2/c1-9(2)12(13-10(3)5-4-7-15-13)16-11-6-8-18-14(11)17/h4-5,7,9,11-12,16H,6,8H2,1-3H3/t11-,12+/m1/s1. The van der Waals surface area contributed by atoms with Gasteiger partial charge in [0, 0.05) is 12.6 Å². The number of carbonyl (C=O) groups excluding carboxylic acids is 1. The topological polar surface area (TPSA) is 51.2 Å². The zero-order valence-corrected chi connectivity index (χ0v) is 11.1. The molecule has 18 heavy (non-hydrogen) atoms. The van der Waals surface area contributed by atoms with E-state index in [-0.39, 0.29) is 18.1 Å². The van der Waals surface area contributed by atoms with Gasteiger partial charge in [0.2, 0.25) is 0 Å². The number of hydrogen-bond acceptors (Lipinski definition) is 4. The van der Waals surface area contributed by atoms with Crippen molar-refractivity contribution in [3.8, 4) is 0 Å². The summed E-state index contributed by atoms with van der Waals surface area (Å²) in [7, 11) is 0. The molecule has 1 N–H and O–H groups in total. The molecule has 4 heteroatoms. The Morgan fingerprint density at radius 2 is 2.28 bits per heavy atom. The van der Waals surface area contributed by atoms with E-state index in [9.17, 15) is 4.79 Å². The van der Waals surface area contributed by atoms with E-state index >= 15 is 0 Å². The molecule has 0 radical (unpaired) electrons. The molecule has 98 valence electrons. The molecule has 4 nitrogen and oxygen atoms in total. The molecule has 0 spiro atoms. The summed E-state index contributed by atoms with van der Waals surface area (Å²) in [5.41, 5.74) is 2.17. The maximum Gasteiger partial charge on any atom is 0.323 e. The molecule has 0 bridgehead atoms. The van der Waals surface area contributed by atoms with Crippen molar-refractivity contribution in [2.24, 2.45) is 5.92 Å². The first-order valence-corrected chi connectivity index (χ1v) is 6.44. The predicted octanol–water partition coefficient (Wildman–Crippen LogP) is 1.99. The smallest absolute Gasteiger partial charge is 0.323 e. The second-order valence-corrected chi connectivity index (χ2v) is 5.10. The highest BCUT2D eigenvalue weighted by Crippen LogP contribution is 2.24. The van der Waals surface area contributed by atoms with Crippen LogP contribution >= 0.6 is 0 Å². The van der Waals surface area contributed by atoms with Crippen LogP contribution in [-0.4, -0.2) is 23.6 Å². The van der Waals surface area contributed by atoms with Gasteiger partial charge in [-0.2, -0.15) is 0 Å². The van der Waals surface area contributed by atoms with Crippen molar-refractivity contribution in [3.63, 3.8) is 0 Å². The van der Waals surface area contributed by atoms with Gasteiger partial charge in [-0.25, -0.2) is 0 Å². The van der Waals surface area contributed by atoms with Crippen LogP contribution in [0.1, 0.15) is 37.6 Å². The Kier molecular flexibility index (Phi) is 3.97. The van der Waals surface area contributed by atoms with E-state index in [1.54, 1.807) is 6.20 Å². The third-order valence-corrected chi connectivity index (χ3v) is 3.33. The second-order valence-electron chi connectivity index (χ2n) is 5.10. The molecule has 0 aromatic carbocycles. The van der Waals surface area contributed by atoms with Crippen LogP contribution in [0.3, 0.4) is 0 Å². The summed E-state index contributed by atoms with van der Waals surface area (Å²) in [6.45, 7) is 6.83. The van der Waals surface area contributed by atoms with Crippen LogP contribution in [0.5, 0.6) is 0 Å². The average molecular weight is 248 g/mol. The highest BCUT2D eigenvalue weighted by Gasteiger charge is 2.31. The first-order chi connectivity index (χ1) is 8.59. The summed E-state index contributed by atoms with van der Waals surface area (Å²) in [4.78, 5) is 16.0. The van der Waals surface area contributed by atoms with Gasteiger partial charge in [0.15, 0.2) is 0 Å². The van der Waals surface area contributed by atoms with Gasteiger partial charge >= 0.3 is 5.97 Å². The highest BCUT2D eigenvalue weighted by molar-refractivity contribution is 5.77. The number of nitrogens with zero attached hydrogens (tertiary/aromatic N) is 1. The lowest BCUT2D eigenvalue weighted by molar-refractivity contribution is -0.139. The molecule has 0 saturated carbocycles. The lowest BCUT2D eigenvalue weighted by Gasteiger charge is -2.25. The van der Waals surface area contributed by atoms with Gasteiger partial charge in [0.1, 0.15) is 6.04 Å². The number of pyridine rings is 1. The monoisotopic (exact) mass is 248 g/mol. The van der Waals surface area contributed by atoms with Crippen LogP contribution in [-0.2, 0) is 9.53 Å². The minimum atomic E-state index is -0.196. The van der Waals surface area contributed by atoms with Crippen molar-refractivity contribution in [3.05, 3.63) is 29.6 Å². The number of nitrogens with one attached hydrogen (secondary N) is 1. The summed E-state index contributed by atoms with van der Waals surface area (Å²) < 4.78 is 4.99. The lowest BCUT2D eigenvalue weighted by atomic mass is 9.96. The van der Waals surface area contributed by atoms with Crippen molar-refractivity contribution in [1.29, 1.82) is 0 Å². The summed E-state index contributed by atoms with van der Waals surface area (Å²) in [6, 6.07) is 3.87. The number of ether oxygens (including phenoxy) is 1. The molecule has 2 rings (SSSR count). The molecule has 0 aliphatic carbocycles. The molecule has 1 aliphatic rings. The number of hydrogen-bond donors (Lipinski definition) is 1. The van der Waals surface area contributed by atoms with E-state index < -0.39 is 0 Å². The third kappa shape index (κ3) is 2.70. The molecule has 2 atom stereocenters. The molecule has 1 aromatic heterocycles. The Bertz CT molecular complexity index is 432. The zero-order valence-electron chi connectivity index (χ0n) is 11.1. The SMILES string of the molecule is Cc1cccnc1[C@@H](N[C@@H]1CCOC1=O)C(C)C. The lowest BCUT2D eigenvalue weighted by Crippen LogP contribution is -2.39. The molecule has 1 aliphatic heterocycles. The van der Waals surface area contributed by atoms with Crippen molar-refractivity contribution in [1.82, 2.24) is 10.3 Å². The van der Waals surface area contributed by atoms with E-state index in [2.05, 4.69) is 24.1 Å². The molecule has 1 fully saturated rings. The maximum absolute atomic E-state index is 11.5. The van der Waals surface area contributed by atoms with Crippen LogP contribution in [0.15, 0.2) is 18.3 Å². The Balaban J connectivity index is 2.19. The molecule has 0 unspecified atom stereocenters. The quantitative estimate of drug-likeness (QED) is 0.828. The molecular formula is C14H20N2O2. The molecular weight excluding hydrogens is 228 g/mol. The minimum Gasteiger partial charge on any atom is -0.464 e. The Morgan fingerprint density at radius 3 is 2.83 bits per heavy atom. The Morgan fingerprint density at radius 1 is 1.50 bits per heavy atom. The molecule has 2 heterocycles. The zero-order chi connectivity index (χ0) is 13.1. The van der Waals surface area contributed by atoms with Gasteiger partial charge in [-0.15, -0.1) is 0 Å². The fraction of sp³-hybridized carbons (Fsp3) is 0.571. The molecule has 1 aromatic rings. The first kappa shape index (κ1) is 13.0. The second kappa shape index (κ2) is 5.48. The minimum absolute atomic E-state index is 0.0850. The number of carbonyl (C=O) groups is 1. The van der Waals surface area contributed by atoms with Gasteiger partial charge in [-0.3, -0.25) is 15.1 Å². The van der Waals surface area contributed by atoms with E-state index in [4.69, 9.17) is 4.74 Å². The fourth-order valence-electron chi connectivity index (χ4n) is 2.27. The van der Waals surface area contributed by atoms with Crippen LogP contribution in [0.25, 0.3) is 0 Å². The summed E-state index contributed by atoms with van der Waals surface area (Å²) in [5.74, 6) is 0.223. The molecule has 0 amide bonds. The van der Waals surface area contributed by atoms with E-state index in [1.165, 1.54) is 0 Å². The van der Waals surface area contributed by atoms with Gasteiger partial charge in [-0.05, 0) is 24.5 Å². The van der Waals surface area contributed by atoms with Gasteiger partial charge in [0.25, 0.3) is 0 Å². The molecule has 1 saturated heterocycles. The average Bonchev–Trinajstić information content (AvgIpc) is 2.73. The van der Waals surface area contributed by atoms with E-state index in [1.807, 2.05) is 19.1 Å². The summed E-state index contributed by atoms with van der Waals surface area (Å²) in [6.07, 6.45) is 2.54. The van der Waals surface area contributed by atoms with Crippen LogP contribution in [0.4, 0.5) is 0 Å². The normalized spacial score (nSPS) is 21.1. The fourth-order valence-corrected chi connectivity index (χ4v) is 2.27. The van der Waals surface area contributed by atoms with Crippen molar-refractivity contribution in [2.45, 2.75) is 39.3 Å². The van der Waals surface area contributed by atoms with Gasteiger partial charge in [0.05, 0.1) is 18.3 Å². The maximum atomic E-state index is 11.5.